The topological polar surface area (TPSA) is 61.4 Å². The van der Waals surface area contributed by atoms with Gasteiger partial charge in [-0.1, -0.05) is 18.2 Å². The monoisotopic (exact) mass is 409 g/mol. The zero-order valence-electron chi connectivity index (χ0n) is 17.3. The molecule has 6 heteroatoms. The fourth-order valence-electron chi connectivity index (χ4n) is 4.73. The van der Waals surface area contributed by atoms with Crippen molar-refractivity contribution in [1.82, 2.24) is 10.2 Å². The lowest BCUT2D eigenvalue weighted by atomic mass is 9.78. The van der Waals surface area contributed by atoms with Gasteiger partial charge in [0.25, 0.3) is 0 Å². The molecule has 1 fully saturated rings. The van der Waals surface area contributed by atoms with Gasteiger partial charge in [0, 0.05) is 30.9 Å². The average molecular weight is 410 g/mol. The molecule has 2 aromatic rings. The van der Waals surface area contributed by atoms with Crippen LogP contribution in [0, 0.1) is 17.7 Å². The Labute approximate surface area is 176 Å². The molecule has 5 nitrogen and oxygen atoms in total. The molecule has 0 unspecified atom stereocenters. The van der Waals surface area contributed by atoms with Gasteiger partial charge in [-0.3, -0.25) is 4.79 Å². The number of anilines is 1. The standard InChI is InChI=1S/C24H28FN3O2/c1-16(29)17-4-2-5-23(13-17)27-24(30)26-8-3-9-28-14-20-10-18-6-7-22(25)12-19(18)11-21(20)15-28/h2,4-7,12-13,20-21H,3,8-11,14-15H2,1H3,(H2,26,27,30)/t20-,21-/m0/s1. The van der Waals surface area contributed by atoms with Gasteiger partial charge in [-0.05, 0) is 80.0 Å². The van der Waals surface area contributed by atoms with Crippen molar-refractivity contribution in [3.05, 3.63) is 65.0 Å². The lowest BCUT2D eigenvalue weighted by Gasteiger charge is -2.26. The summed E-state index contributed by atoms with van der Waals surface area (Å²) in [6, 6.07) is 11.9. The summed E-state index contributed by atoms with van der Waals surface area (Å²) in [6.07, 6.45) is 2.88. The Bertz CT molecular complexity index is 946. The summed E-state index contributed by atoms with van der Waals surface area (Å²) in [5.41, 5.74) is 3.66. The van der Waals surface area contributed by atoms with Crippen LogP contribution in [0.3, 0.4) is 0 Å². The van der Waals surface area contributed by atoms with Crippen LogP contribution in [0.4, 0.5) is 14.9 Å². The first-order chi connectivity index (χ1) is 14.5. The lowest BCUT2D eigenvalue weighted by Crippen LogP contribution is -2.32. The van der Waals surface area contributed by atoms with Gasteiger partial charge in [0.05, 0.1) is 0 Å². The molecule has 2 amide bonds. The number of carbonyl (C=O) groups is 2. The first-order valence-electron chi connectivity index (χ1n) is 10.6. The maximum absolute atomic E-state index is 13.5. The molecule has 1 aliphatic carbocycles. The van der Waals surface area contributed by atoms with Gasteiger partial charge < -0.3 is 15.5 Å². The summed E-state index contributed by atoms with van der Waals surface area (Å²) in [4.78, 5) is 26.0. The van der Waals surface area contributed by atoms with Crippen LogP contribution in [0.2, 0.25) is 0 Å². The van der Waals surface area contributed by atoms with Gasteiger partial charge in [0.1, 0.15) is 5.82 Å². The van der Waals surface area contributed by atoms with E-state index in [1.54, 1.807) is 36.4 Å². The van der Waals surface area contributed by atoms with Crippen molar-refractivity contribution < 1.29 is 14.0 Å². The molecule has 0 radical (unpaired) electrons. The molecule has 1 saturated heterocycles. The van der Waals surface area contributed by atoms with Crippen LogP contribution in [0.25, 0.3) is 0 Å². The first kappa shape index (κ1) is 20.5. The summed E-state index contributed by atoms with van der Waals surface area (Å²) >= 11 is 0. The Morgan fingerprint density at radius 1 is 1.07 bits per heavy atom. The van der Waals surface area contributed by atoms with Gasteiger partial charge in [-0.15, -0.1) is 0 Å². The predicted octanol–water partition coefficient (Wildman–Crippen LogP) is 3.89. The van der Waals surface area contributed by atoms with Crippen molar-refractivity contribution in [2.45, 2.75) is 26.2 Å². The van der Waals surface area contributed by atoms with E-state index < -0.39 is 0 Å². The van der Waals surface area contributed by atoms with Crippen LogP contribution >= 0.6 is 0 Å². The van der Waals surface area contributed by atoms with Gasteiger partial charge >= 0.3 is 6.03 Å². The Hall–Kier alpha value is -2.73. The third kappa shape index (κ3) is 4.87. The van der Waals surface area contributed by atoms with E-state index in [2.05, 4.69) is 15.5 Å². The first-order valence-corrected chi connectivity index (χ1v) is 10.6. The number of Topliss-reactive ketones (excluding diaryl/α,β-unsaturated/α-hetero) is 1. The maximum atomic E-state index is 13.5. The number of carbonyl (C=O) groups excluding carboxylic acids is 2. The van der Waals surface area contributed by atoms with Gasteiger partial charge in [0.15, 0.2) is 5.78 Å². The predicted molar refractivity (Wildman–Crippen MR) is 115 cm³/mol. The van der Waals surface area contributed by atoms with Gasteiger partial charge in [0.2, 0.25) is 0 Å². The van der Waals surface area contributed by atoms with E-state index in [0.29, 0.717) is 29.6 Å². The van der Waals surface area contributed by atoms with Crippen LogP contribution in [0.5, 0.6) is 0 Å². The highest BCUT2D eigenvalue weighted by atomic mass is 19.1. The molecule has 2 aliphatic rings. The minimum atomic E-state index is -0.261. The van der Waals surface area contributed by atoms with Crippen molar-refractivity contribution in [3.8, 4) is 0 Å². The molecule has 158 valence electrons. The second-order valence-electron chi connectivity index (χ2n) is 8.47. The third-order valence-electron chi connectivity index (χ3n) is 6.25. The zero-order valence-corrected chi connectivity index (χ0v) is 17.3. The molecule has 2 aromatic carbocycles. The number of likely N-dealkylation sites (tertiary alicyclic amines) is 1. The number of ketones is 1. The molecule has 1 heterocycles. The van der Waals surface area contributed by atoms with E-state index in [1.807, 2.05) is 6.07 Å². The highest BCUT2D eigenvalue weighted by molar-refractivity contribution is 5.96. The van der Waals surface area contributed by atoms with Crippen molar-refractivity contribution in [3.63, 3.8) is 0 Å². The molecule has 2 N–H and O–H groups in total. The summed E-state index contributed by atoms with van der Waals surface area (Å²) in [7, 11) is 0. The zero-order chi connectivity index (χ0) is 21.1. The number of fused-ring (bicyclic) bond motifs is 2. The molecule has 4 rings (SSSR count). The van der Waals surface area contributed by atoms with E-state index in [-0.39, 0.29) is 17.6 Å². The molecular formula is C24H28FN3O2. The van der Waals surface area contributed by atoms with Crippen molar-refractivity contribution in [1.29, 1.82) is 0 Å². The van der Waals surface area contributed by atoms with Crippen LogP contribution in [-0.4, -0.2) is 42.9 Å². The van der Waals surface area contributed by atoms with Gasteiger partial charge in [-0.25, -0.2) is 9.18 Å². The number of nitrogens with one attached hydrogen (secondary N) is 2. The number of rotatable bonds is 6. The Balaban J connectivity index is 1.18. The minimum Gasteiger partial charge on any atom is -0.338 e. The number of halogens is 1. The smallest absolute Gasteiger partial charge is 0.319 e. The molecular weight excluding hydrogens is 381 g/mol. The Morgan fingerprint density at radius 3 is 2.60 bits per heavy atom. The molecule has 0 bridgehead atoms. The molecule has 0 spiro atoms. The number of benzene rings is 2. The molecule has 0 saturated carbocycles. The highest BCUT2D eigenvalue weighted by Gasteiger charge is 2.36. The lowest BCUT2D eigenvalue weighted by molar-refractivity contribution is 0.101. The van der Waals surface area contributed by atoms with E-state index in [0.717, 1.165) is 38.9 Å². The normalized spacial score (nSPS) is 20.3. The van der Waals surface area contributed by atoms with E-state index in [9.17, 15) is 14.0 Å². The second-order valence-corrected chi connectivity index (χ2v) is 8.47. The fraction of sp³-hybridized carbons (Fsp3) is 0.417. The van der Waals surface area contributed by atoms with Crippen molar-refractivity contribution in [2.24, 2.45) is 11.8 Å². The van der Waals surface area contributed by atoms with Crippen LogP contribution in [0.1, 0.15) is 34.8 Å². The van der Waals surface area contributed by atoms with Crippen LogP contribution in [-0.2, 0) is 12.8 Å². The molecule has 0 aromatic heterocycles. The number of hydrogen-bond donors (Lipinski definition) is 2. The Morgan fingerprint density at radius 2 is 1.83 bits per heavy atom. The number of hydrogen-bond acceptors (Lipinski definition) is 3. The van der Waals surface area contributed by atoms with E-state index >= 15 is 0 Å². The molecule has 30 heavy (non-hydrogen) atoms. The Kier molecular flexibility index (Phi) is 6.13. The average Bonchev–Trinajstić information content (AvgIpc) is 3.11. The summed E-state index contributed by atoms with van der Waals surface area (Å²) in [5, 5.41) is 5.66. The highest BCUT2D eigenvalue weighted by Crippen LogP contribution is 2.35. The SMILES string of the molecule is CC(=O)c1cccc(NC(=O)NCCCN2C[C@@H]3Cc4ccc(F)cc4C[C@H]3C2)c1. The number of nitrogens with zero attached hydrogens (tertiary/aromatic N) is 1. The van der Waals surface area contributed by atoms with E-state index in [1.165, 1.54) is 18.1 Å². The van der Waals surface area contributed by atoms with E-state index in [4.69, 9.17) is 0 Å². The van der Waals surface area contributed by atoms with Gasteiger partial charge in [-0.2, -0.15) is 0 Å². The fourth-order valence-corrected chi connectivity index (χ4v) is 4.73. The summed E-state index contributed by atoms with van der Waals surface area (Å²) < 4.78 is 13.5. The van der Waals surface area contributed by atoms with Crippen molar-refractivity contribution in [2.75, 3.05) is 31.5 Å². The van der Waals surface area contributed by atoms with Crippen molar-refractivity contribution >= 4 is 17.5 Å². The molecule has 1 aliphatic heterocycles. The third-order valence-corrected chi connectivity index (χ3v) is 6.25. The summed E-state index contributed by atoms with van der Waals surface area (Å²) in [6.45, 7) is 5.16. The quantitative estimate of drug-likeness (QED) is 0.562. The summed E-state index contributed by atoms with van der Waals surface area (Å²) in [5.74, 6) is 1.08. The van der Waals surface area contributed by atoms with Crippen LogP contribution < -0.4 is 10.6 Å². The largest absolute Gasteiger partial charge is 0.338 e. The maximum Gasteiger partial charge on any atom is 0.319 e. The van der Waals surface area contributed by atoms with Crippen LogP contribution in [0.15, 0.2) is 42.5 Å². The number of amides is 2. The second kappa shape index (κ2) is 8.96. The minimum absolute atomic E-state index is 0.0292. The number of urea groups is 1. The molecule has 2 atom stereocenters.